The lowest BCUT2D eigenvalue weighted by Gasteiger charge is -2.09. The lowest BCUT2D eigenvalue weighted by molar-refractivity contribution is 0.0701. The number of hydrogen-bond donors (Lipinski definition) is 0. The van der Waals surface area contributed by atoms with Gasteiger partial charge in [-0.05, 0) is 53.2 Å². The van der Waals surface area contributed by atoms with Crippen LogP contribution in [0.15, 0.2) is 45.4 Å². The van der Waals surface area contributed by atoms with Crippen molar-refractivity contribution in [3.8, 4) is 5.75 Å². The highest BCUT2D eigenvalue weighted by molar-refractivity contribution is 9.10. The van der Waals surface area contributed by atoms with Gasteiger partial charge in [-0.1, -0.05) is 11.6 Å². The number of carbonyl (C=O) groups is 1. The molecule has 0 atom stereocenters. The fourth-order valence-electron chi connectivity index (χ4n) is 1.93. The number of hydrogen-bond acceptors (Lipinski definition) is 4. The second-order valence-corrected chi connectivity index (χ2v) is 5.63. The molecule has 2 heterocycles. The van der Waals surface area contributed by atoms with Crippen LogP contribution in [-0.4, -0.2) is 11.0 Å². The van der Waals surface area contributed by atoms with E-state index in [0.29, 0.717) is 31.9 Å². The number of halogens is 2. The minimum atomic E-state index is -0.585. The number of ether oxygens (including phenoxy) is 1. The Balaban J connectivity index is 2.06. The van der Waals surface area contributed by atoms with Gasteiger partial charge in [-0.3, -0.25) is 4.98 Å². The number of carbonyl (C=O) groups excluding carboxylic acids is 1. The number of fused-ring (bicyclic) bond motifs is 1. The zero-order valence-electron chi connectivity index (χ0n) is 10.9. The molecule has 0 aliphatic carbocycles. The monoisotopic (exact) mass is 365 g/mol. The van der Waals surface area contributed by atoms with Gasteiger partial charge in [0, 0.05) is 11.6 Å². The molecular weight excluding hydrogens is 358 g/mol. The molecule has 0 fully saturated rings. The van der Waals surface area contributed by atoms with E-state index < -0.39 is 5.97 Å². The van der Waals surface area contributed by atoms with Crippen LogP contribution in [0.3, 0.4) is 0 Å². The summed E-state index contributed by atoms with van der Waals surface area (Å²) in [6, 6.07) is 8.51. The summed E-state index contributed by atoms with van der Waals surface area (Å²) < 4.78 is 11.2. The first-order valence-corrected chi connectivity index (χ1v) is 7.24. The Labute approximate surface area is 133 Å². The number of rotatable bonds is 2. The number of nitrogens with zero attached hydrogens (tertiary/aromatic N) is 1. The summed E-state index contributed by atoms with van der Waals surface area (Å²) in [5.74, 6) is 0.505. The van der Waals surface area contributed by atoms with Crippen LogP contribution in [0.5, 0.6) is 5.75 Å². The molecule has 4 nitrogen and oxygen atoms in total. The fourth-order valence-corrected chi connectivity index (χ4v) is 2.82. The predicted molar refractivity (Wildman–Crippen MR) is 82.9 cm³/mol. The van der Waals surface area contributed by atoms with Gasteiger partial charge in [-0.2, -0.15) is 0 Å². The largest absolute Gasteiger partial charge is 0.454 e. The van der Waals surface area contributed by atoms with Crippen molar-refractivity contribution in [1.82, 2.24) is 4.98 Å². The molecule has 0 spiro atoms. The topological polar surface area (TPSA) is 52.3 Å². The molecule has 0 aliphatic heterocycles. The van der Waals surface area contributed by atoms with Crippen LogP contribution in [0.4, 0.5) is 0 Å². The molecule has 0 aliphatic rings. The first-order valence-electron chi connectivity index (χ1n) is 6.07. The second-order valence-electron chi connectivity index (χ2n) is 4.37. The Morgan fingerprint density at radius 2 is 2.19 bits per heavy atom. The number of benzene rings is 1. The summed E-state index contributed by atoms with van der Waals surface area (Å²) in [7, 11) is 0. The van der Waals surface area contributed by atoms with Gasteiger partial charge in [0.05, 0.1) is 9.50 Å². The molecule has 0 saturated carbocycles. The standard InChI is InChI=1S/C15H9BrClNO3/c1-8-4-5-12(20-8)15(19)21-14-10(16)7-11(17)9-3-2-6-18-13(9)14/h2-7H,1H3. The summed E-state index contributed by atoms with van der Waals surface area (Å²) in [6.45, 7) is 1.76. The SMILES string of the molecule is Cc1ccc(C(=O)Oc2c(Br)cc(Cl)c3cccnc23)o1. The Morgan fingerprint density at radius 1 is 1.38 bits per heavy atom. The van der Waals surface area contributed by atoms with Crippen molar-refractivity contribution in [3.63, 3.8) is 0 Å². The molecule has 0 N–H and O–H groups in total. The normalized spacial score (nSPS) is 10.8. The molecule has 0 bridgehead atoms. The van der Waals surface area contributed by atoms with Crippen molar-refractivity contribution in [2.24, 2.45) is 0 Å². The van der Waals surface area contributed by atoms with Crippen molar-refractivity contribution in [1.29, 1.82) is 0 Å². The lowest BCUT2D eigenvalue weighted by Crippen LogP contribution is -2.08. The highest BCUT2D eigenvalue weighted by Gasteiger charge is 2.18. The number of furan rings is 1. The van der Waals surface area contributed by atoms with Gasteiger partial charge in [0.1, 0.15) is 11.3 Å². The highest BCUT2D eigenvalue weighted by Crippen LogP contribution is 2.37. The van der Waals surface area contributed by atoms with E-state index in [2.05, 4.69) is 20.9 Å². The van der Waals surface area contributed by atoms with Gasteiger partial charge >= 0.3 is 5.97 Å². The lowest BCUT2D eigenvalue weighted by atomic mass is 10.2. The van der Waals surface area contributed by atoms with E-state index in [0.717, 1.165) is 0 Å². The third kappa shape index (κ3) is 2.66. The summed E-state index contributed by atoms with van der Waals surface area (Å²) in [5.41, 5.74) is 0.508. The van der Waals surface area contributed by atoms with Gasteiger partial charge in [0.2, 0.25) is 5.76 Å². The smallest absolute Gasteiger partial charge is 0.379 e. The van der Waals surface area contributed by atoms with E-state index in [9.17, 15) is 4.79 Å². The molecule has 0 amide bonds. The fraction of sp³-hybridized carbons (Fsp3) is 0.0667. The van der Waals surface area contributed by atoms with Crippen LogP contribution in [0, 0.1) is 6.92 Å². The highest BCUT2D eigenvalue weighted by atomic mass is 79.9. The Bertz CT molecular complexity index is 844. The van der Waals surface area contributed by atoms with Gasteiger partial charge in [0.25, 0.3) is 0 Å². The molecule has 0 saturated heterocycles. The quantitative estimate of drug-likeness (QED) is 0.484. The van der Waals surface area contributed by atoms with Crippen molar-refractivity contribution in [3.05, 3.63) is 57.5 Å². The Morgan fingerprint density at radius 3 is 2.90 bits per heavy atom. The van der Waals surface area contributed by atoms with Gasteiger partial charge in [-0.15, -0.1) is 0 Å². The first kappa shape index (κ1) is 14.1. The molecular formula is C15H9BrClNO3. The molecule has 3 aromatic rings. The molecule has 106 valence electrons. The van der Waals surface area contributed by atoms with E-state index >= 15 is 0 Å². The maximum atomic E-state index is 12.1. The van der Waals surface area contributed by atoms with E-state index in [-0.39, 0.29) is 5.76 Å². The minimum absolute atomic E-state index is 0.137. The van der Waals surface area contributed by atoms with Gasteiger partial charge in [-0.25, -0.2) is 4.79 Å². The zero-order valence-corrected chi connectivity index (χ0v) is 13.2. The van der Waals surface area contributed by atoms with Gasteiger partial charge in [0.15, 0.2) is 5.75 Å². The maximum Gasteiger partial charge on any atom is 0.379 e. The molecule has 1 aromatic carbocycles. The van der Waals surface area contributed by atoms with Crippen LogP contribution >= 0.6 is 27.5 Å². The van der Waals surface area contributed by atoms with Crippen molar-refractivity contribution in [2.75, 3.05) is 0 Å². The minimum Gasteiger partial charge on any atom is -0.454 e. The van der Waals surface area contributed by atoms with E-state index in [1.54, 1.807) is 37.4 Å². The molecule has 2 aromatic heterocycles. The molecule has 6 heteroatoms. The van der Waals surface area contributed by atoms with Crippen LogP contribution in [0.25, 0.3) is 10.9 Å². The third-order valence-electron chi connectivity index (χ3n) is 2.89. The molecule has 3 rings (SSSR count). The number of esters is 1. The Kier molecular flexibility index (Phi) is 3.69. The summed E-state index contributed by atoms with van der Waals surface area (Å²) in [5, 5.41) is 1.24. The molecule has 21 heavy (non-hydrogen) atoms. The summed E-state index contributed by atoms with van der Waals surface area (Å²) >= 11 is 9.50. The van der Waals surface area contributed by atoms with E-state index in [1.165, 1.54) is 0 Å². The predicted octanol–water partition coefficient (Wildman–Crippen LogP) is 4.77. The van der Waals surface area contributed by atoms with E-state index in [1.807, 2.05) is 6.07 Å². The van der Waals surface area contributed by atoms with E-state index in [4.69, 9.17) is 20.8 Å². The van der Waals surface area contributed by atoms with Crippen molar-refractivity contribution < 1.29 is 13.9 Å². The number of aryl methyl sites for hydroxylation is 1. The first-order chi connectivity index (χ1) is 10.1. The van der Waals surface area contributed by atoms with Crippen LogP contribution in [-0.2, 0) is 0 Å². The number of pyridine rings is 1. The summed E-state index contributed by atoms with van der Waals surface area (Å²) in [4.78, 5) is 16.3. The van der Waals surface area contributed by atoms with Crippen LogP contribution in [0.1, 0.15) is 16.3 Å². The maximum absolute atomic E-state index is 12.1. The number of aromatic nitrogens is 1. The van der Waals surface area contributed by atoms with Gasteiger partial charge < -0.3 is 9.15 Å². The zero-order chi connectivity index (χ0) is 15.0. The average molecular weight is 367 g/mol. The molecule has 0 radical (unpaired) electrons. The van der Waals surface area contributed by atoms with Crippen LogP contribution < -0.4 is 4.74 Å². The van der Waals surface area contributed by atoms with Crippen molar-refractivity contribution >= 4 is 44.4 Å². The van der Waals surface area contributed by atoms with Crippen LogP contribution in [0.2, 0.25) is 5.02 Å². The molecule has 0 unspecified atom stereocenters. The Hall–Kier alpha value is -1.85. The van der Waals surface area contributed by atoms with Crippen molar-refractivity contribution in [2.45, 2.75) is 6.92 Å². The second kappa shape index (κ2) is 5.50. The summed E-state index contributed by atoms with van der Waals surface area (Å²) in [6.07, 6.45) is 1.61. The average Bonchev–Trinajstić information content (AvgIpc) is 2.90. The third-order valence-corrected chi connectivity index (χ3v) is 3.79.